The number of esters is 1. The van der Waals surface area contributed by atoms with Crippen LogP contribution in [0.3, 0.4) is 0 Å². The molecule has 0 fully saturated rings. The van der Waals surface area contributed by atoms with Crippen molar-refractivity contribution in [2.24, 2.45) is 0 Å². The highest BCUT2D eigenvalue weighted by Gasteiger charge is 2.11. The number of amides is 1. The fraction of sp³-hybridized carbons (Fsp3) is 0.125. The lowest BCUT2D eigenvalue weighted by atomic mass is 10.2. The number of ether oxygens (including phenoxy) is 2. The van der Waals surface area contributed by atoms with Gasteiger partial charge in [0.1, 0.15) is 5.75 Å². The largest absolute Gasteiger partial charge is 0.495 e. The van der Waals surface area contributed by atoms with Gasteiger partial charge in [0, 0.05) is 3.57 Å². The lowest BCUT2D eigenvalue weighted by Gasteiger charge is -2.10. The number of hydrogen-bond acceptors (Lipinski definition) is 4. The molecule has 6 heteroatoms. The van der Waals surface area contributed by atoms with Crippen molar-refractivity contribution >= 4 is 40.2 Å². The smallest absolute Gasteiger partial charge is 0.338 e. The standard InChI is InChI=1S/C16H14INO4/c1-21-14-5-3-2-4-13(14)18-15(19)10-22-16(20)11-6-8-12(17)9-7-11/h2-9H,10H2,1H3,(H,18,19). The van der Waals surface area contributed by atoms with E-state index < -0.39 is 11.9 Å². The maximum Gasteiger partial charge on any atom is 0.338 e. The minimum absolute atomic E-state index is 0.358. The number of para-hydroxylation sites is 2. The molecule has 0 aliphatic carbocycles. The molecule has 0 spiro atoms. The molecule has 0 atom stereocenters. The van der Waals surface area contributed by atoms with Crippen LogP contribution in [-0.2, 0) is 9.53 Å². The molecule has 0 bridgehead atoms. The van der Waals surface area contributed by atoms with Gasteiger partial charge in [-0.05, 0) is 59.0 Å². The summed E-state index contributed by atoms with van der Waals surface area (Å²) in [5.41, 5.74) is 0.936. The summed E-state index contributed by atoms with van der Waals surface area (Å²) in [4.78, 5) is 23.6. The zero-order valence-electron chi connectivity index (χ0n) is 11.8. The van der Waals surface area contributed by atoms with Gasteiger partial charge in [-0.25, -0.2) is 4.79 Å². The SMILES string of the molecule is COc1ccccc1NC(=O)COC(=O)c1ccc(I)cc1. The molecule has 2 rings (SSSR count). The van der Waals surface area contributed by atoms with Crippen molar-refractivity contribution < 1.29 is 19.1 Å². The molecule has 0 saturated carbocycles. The van der Waals surface area contributed by atoms with Crippen LogP contribution in [0, 0.1) is 3.57 Å². The number of methoxy groups -OCH3 is 1. The number of halogens is 1. The average molecular weight is 411 g/mol. The Morgan fingerprint density at radius 3 is 2.45 bits per heavy atom. The minimum atomic E-state index is -0.536. The molecule has 0 aliphatic heterocycles. The number of hydrogen-bond donors (Lipinski definition) is 1. The van der Waals surface area contributed by atoms with Crippen LogP contribution in [0.5, 0.6) is 5.75 Å². The second-order valence-electron chi connectivity index (χ2n) is 4.33. The summed E-state index contributed by atoms with van der Waals surface area (Å²) in [6.45, 7) is -0.358. The molecule has 114 valence electrons. The summed E-state index contributed by atoms with van der Waals surface area (Å²) >= 11 is 2.14. The van der Waals surface area contributed by atoms with Crippen LogP contribution in [0.1, 0.15) is 10.4 Å². The van der Waals surface area contributed by atoms with E-state index in [0.29, 0.717) is 17.0 Å². The summed E-state index contributed by atoms with van der Waals surface area (Å²) in [5, 5.41) is 2.64. The van der Waals surface area contributed by atoms with Gasteiger partial charge in [0.25, 0.3) is 5.91 Å². The Morgan fingerprint density at radius 1 is 1.09 bits per heavy atom. The first-order valence-corrected chi connectivity index (χ1v) is 7.53. The minimum Gasteiger partial charge on any atom is -0.495 e. The highest BCUT2D eigenvalue weighted by Crippen LogP contribution is 2.22. The number of carbonyl (C=O) groups excluding carboxylic acids is 2. The summed E-state index contributed by atoms with van der Waals surface area (Å²) in [6, 6.07) is 13.9. The van der Waals surface area contributed by atoms with Crippen LogP contribution in [0.4, 0.5) is 5.69 Å². The number of carbonyl (C=O) groups is 2. The second kappa shape index (κ2) is 7.79. The summed E-state index contributed by atoms with van der Waals surface area (Å²) in [5.74, 6) is -0.422. The summed E-state index contributed by atoms with van der Waals surface area (Å²) < 4.78 is 11.1. The predicted octanol–water partition coefficient (Wildman–Crippen LogP) is 3.10. The highest BCUT2D eigenvalue weighted by atomic mass is 127. The normalized spacial score (nSPS) is 9.91. The van der Waals surface area contributed by atoms with Gasteiger partial charge in [0.2, 0.25) is 0 Å². The van der Waals surface area contributed by atoms with E-state index in [-0.39, 0.29) is 6.61 Å². The van der Waals surface area contributed by atoms with Gasteiger partial charge in [-0.3, -0.25) is 4.79 Å². The van der Waals surface area contributed by atoms with E-state index in [1.807, 2.05) is 0 Å². The maximum atomic E-state index is 11.8. The van der Waals surface area contributed by atoms with Gasteiger partial charge >= 0.3 is 5.97 Å². The van der Waals surface area contributed by atoms with Gasteiger partial charge < -0.3 is 14.8 Å². The van der Waals surface area contributed by atoms with Crippen LogP contribution < -0.4 is 10.1 Å². The van der Waals surface area contributed by atoms with E-state index >= 15 is 0 Å². The van der Waals surface area contributed by atoms with E-state index in [1.165, 1.54) is 7.11 Å². The monoisotopic (exact) mass is 411 g/mol. The maximum absolute atomic E-state index is 11.8. The van der Waals surface area contributed by atoms with Crippen molar-refractivity contribution in [3.63, 3.8) is 0 Å². The topological polar surface area (TPSA) is 64.6 Å². The number of nitrogens with one attached hydrogen (secondary N) is 1. The van der Waals surface area contributed by atoms with Gasteiger partial charge in [-0.1, -0.05) is 12.1 Å². The fourth-order valence-corrected chi connectivity index (χ4v) is 2.09. The Labute approximate surface area is 141 Å². The molecule has 0 heterocycles. The molecule has 1 N–H and O–H groups in total. The zero-order valence-corrected chi connectivity index (χ0v) is 14.0. The summed E-state index contributed by atoms with van der Waals surface area (Å²) in [6.07, 6.45) is 0. The van der Waals surface area contributed by atoms with Crippen molar-refractivity contribution in [2.75, 3.05) is 19.0 Å². The first kappa shape index (κ1) is 16.3. The van der Waals surface area contributed by atoms with Crippen molar-refractivity contribution in [1.82, 2.24) is 0 Å². The zero-order chi connectivity index (χ0) is 15.9. The fourth-order valence-electron chi connectivity index (χ4n) is 1.73. The highest BCUT2D eigenvalue weighted by molar-refractivity contribution is 14.1. The van der Waals surface area contributed by atoms with Crippen LogP contribution in [0.15, 0.2) is 48.5 Å². The third-order valence-corrected chi connectivity index (χ3v) is 3.51. The van der Waals surface area contributed by atoms with Crippen molar-refractivity contribution in [1.29, 1.82) is 0 Å². The molecule has 2 aromatic carbocycles. The van der Waals surface area contributed by atoms with E-state index in [9.17, 15) is 9.59 Å². The first-order chi connectivity index (χ1) is 10.6. The van der Waals surface area contributed by atoms with E-state index in [0.717, 1.165) is 3.57 Å². The van der Waals surface area contributed by atoms with Crippen LogP contribution in [0.2, 0.25) is 0 Å². The van der Waals surface area contributed by atoms with Crippen molar-refractivity contribution in [3.8, 4) is 5.75 Å². The lowest BCUT2D eigenvalue weighted by molar-refractivity contribution is -0.119. The molecule has 0 aromatic heterocycles. The molecule has 22 heavy (non-hydrogen) atoms. The van der Waals surface area contributed by atoms with E-state index in [2.05, 4.69) is 27.9 Å². The Balaban J connectivity index is 1.90. The Bertz CT molecular complexity index is 670. The van der Waals surface area contributed by atoms with E-state index in [4.69, 9.17) is 9.47 Å². The molecule has 2 aromatic rings. The Morgan fingerprint density at radius 2 is 1.77 bits per heavy atom. The quantitative estimate of drug-likeness (QED) is 0.607. The predicted molar refractivity (Wildman–Crippen MR) is 91.1 cm³/mol. The average Bonchev–Trinajstić information content (AvgIpc) is 2.54. The first-order valence-electron chi connectivity index (χ1n) is 6.45. The second-order valence-corrected chi connectivity index (χ2v) is 5.58. The van der Waals surface area contributed by atoms with Gasteiger partial charge in [0.05, 0.1) is 18.4 Å². The molecular weight excluding hydrogens is 397 g/mol. The third-order valence-electron chi connectivity index (χ3n) is 2.80. The molecule has 0 radical (unpaired) electrons. The molecule has 0 unspecified atom stereocenters. The van der Waals surface area contributed by atoms with E-state index in [1.54, 1.807) is 48.5 Å². The number of benzene rings is 2. The van der Waals surface area contributed by atoms with Crippen LogP contribution >= 0.6 is 22.6 Å². The third kappa shape index (κ3) is 4.45. The molecule has 0 saturated heterocycles. The Kier molecular flexibility index (Phi) is 5.76. The van der Waals surface area contributed by atoms with Crippen molar-refractivity contribution in [3.05, 3.63) is 57.7 Å². The molecular formula is C16H14INO4. The Hall–Kier alpha value is -2.09. The van der Waals surface area contributed by atoms with Gasteiger partial charge in [0.15, 0.2) is 6.61 Å². The lowest BCUT2D eigenvalue weighted by Crippen LogP contribution is -2.21. The van der Waals surface area contributed by atoms with Gasteiger partial charge in [-0.15, -0.1) is 0 Å². The molecule has 5 nitrogen and oxygen atoms in total. The molecule has 0 aliphatic rings. The van der Waals surface area contributed by atoms with Crippen molar-refractivity contribution in [2.45, 2.75) is 0 Å². The molecule has 1 amide bonds. The number of anilines is 1. The number of rotatable bonds is 5. The van der Waals surface area contributed by atoms with Gasteiger partial charge in [-0.2, -0.15) is 0 Å². The van der Waals surface area contributed by atoms with Crippen LogP contribution in [0.25, 0.3) is 0 Å². The summed E-state index contributed by atoms with van der Waals surface area (Å²) in [7, 11) is 1.52. The van der Waals surface area contributed by atoms with Crippen LogP contribution in [-0.4, -0.2) is 25.6 Å².